The largest absolute Gasteiger partial charge is 0.468 e. The highest BCUT2D eigenvalue weighted by Crippen LogP contribution is 2.18. The van der Waals surface area contributed by atoms with Crippen molar-refractivity contribution in [3.05, 3.63) is 0 Å². The second-order valence-corrected chi connectivity index (χ2v) is 2.53. The molecule has 2 unspecified atom stereocenters. The molecule has 0 spiro atoms. The molecule has 4 nitrogen and oxygen atoms in total. The second-order valence-electron chi connectivity index (χ2n) is 2.53. The van der Waals surface area contributed by atoms with Crippen molar-refractivity contribution in [1.29, 1.82) is 0 Å². The van der Waals surface area contributed by atoms with Gasteiger partial charge in [-0.15, -0.1) is 12.4 Å². The Morgan fingerprint density at radius 3 is 2.23 bits per heavy atom. The summed E-state index contributed by atoms with van der Waals surface area (Å²) in [6.45, 7) is 0.777. The summed E-state index contributed by atoms with van der Waals surface area (Å²) in [5.41, 5.74) is 2.45. The van der Waals surface area contributed by atoms with Gasteiger partial charge < -0.3 is 15.6 Å². The molecule has 7 heteroatoms. The van der Waals surface area contributed by atoms with E-state index >= 15 is 0 Å². The molecule has 0 fully saturated rings. The van der Waals surface area contributed by atoms with Crippen molar-refractivity contribution >= 4 is 18.4 Å². The van der Waals surface area contributed by atoms with Gasteiger partial charge in [0.1, 0.15) is 11.6 Å². The van der Waals surface area contributed by atoms with E-state index in [1.54, 1.807) is 0 Å². The normalized spacial score (nSPS) is 17.2. The first-order valence-corrected chi connectivity index (χ1v) is 3.18. The quantitative estimate of drug-likeness (QED) is 0.652. The lowest BCUT2D eigenvalue weighted by Crippen LogP contribution is -2.55. The van der Waals surface area contributed by atoms with Crippen LogP contribution >= 0.6 is 12.4 Å². The van der Waals surface area contributed by atoms with Crippen LogP contribution in [0.3, 0.4) is 0 Å². The van der Waals surface area contributed by atoms with Crippen LogP contribution in [0.5, 0.6) is 0 Å². The number of alkyl halides is 2. The van der Waals surface area contributed by atoms with Gasteiger partial charge in [0.05, 0.1) is 7.11 Å². The number of hydrogen-bond acceptors (Lipinski definition) is 4. The van der Waals surface area contributed by atoms with E-state index in [2.05, 4.69) is 4.74 Å². The van der Waals surface area contributed by atoms with Crippen LogP contribution in [-0.2, 0) is 9.53 Å². The minimum atomic E-state index is -3.09. The van der Waals surface area contributed by atoms with Crippen molar-refractivity contribution in [2.45, 2.75) is 25.0 Å². The van der Waals surface area contributed by atoms with Gasteiger partial charge >= 0.3 is 5.97 Å². The van der Waals surface area contributed by atoms with Crippen LogP contribution in [0, 0.1) is 0 Å². The van der Waals surface area contributed by atoms with E-state index < -0.39 is 24.0 Å². The molecular formula is C6H12ClF2NO3. The summed E-state index contributed by atoms with van der Waals surface area (Å²) in [4.78, 5) is 10.6. The van der Waals surface area contributed by atoms with Crippen LogP contribution in [0.2, 0.25) is 0 Å². The first kappa shape index (κ1) is 15.0. The molecule has 0 aromatic heterocycles. The highest BCUT2D eigenvalue weighted by Gasteiger charge is 2.43. The molecule has 3 N–H and O–H groups in total. The Morgan fingerprint density at radius 2 is 2.00 bits per heavy atom. The zero-order chi connectivity index (χ0) is 9.94. The summed E-state index contributed by atoms with van der Waals surface area (Å²) in [7, 11) is 1.00. The number of hydrogen-bond donors (Lipinski definition) is 2. The highest BCUT2D eigenvalue weighted by molar-refractivity contribution is 5.85. The molecule has 0 aromatic rings. The molecule has 13 heavy (non-hydrogen) atoms. The van der Waals surface area contributed by atoms with E-state index in [9.17, 15) is 13.6 Å². The minimum absolute atomic E-state index is 0. The summed E-state index contributed by atoms with van der Waals surface area (Å²) in [6, 6.07) is -1.73. The molecule has 0 aromatic carbocycles. The van der Waals surface area contributed by atoms with E-state index in [0.29, 0.717) is 0 Å². The first-order chi connectivity index (χ1) is 5.34. The fourth-order valence-corrected chi connectivity index (χ4v) is 0.501. The zero-order valence-electron chi connectivity index (χ0n) is 7.16. The number of carbonyl (C=O) groups is 1. The number of esters is 1. The van der Waals surface area contributed by atoms with Crippen molar-refractivity contribution in [3.8, 4) is 0 Å². The average molecular weight is 220 g/mol. The van der Waals surface area contributed by atoms with E-state index in [1.807, 2.05) is 0 Å². The van der Waals surface area contributed by atoms with Crippen molar-refractivity contribution in [2.75, 3.05) is 7.11 Å². The third-order valence-electron chi connectivity index (χ3n) is 1.53. The van der Waals surface area contributed by atoms with E-state index in [1.165, 1.54) is 0 Å². The molecule has 80 valence electrons. The Morgan fingerprint density at radius 1 is 1.62 bits per heavy atom. The summed E-state index contributed by atoms with van der Waals surface area (Å²) in [6.07, 6.45) is -3.09. The van der Waals surface area contributed by atoms with Crippen LogP contribution < -0.4 is 5.73 Å². The average Bonchev–Trinajstić information content (AvgIpc) is 2.01. The topological polar surface area (TPSA) is 72.5 Å². The Bertz CT molecular complexity index is 177. The maximum absolute atomic E-state index is 12.0. The van der Waals surface area contributed by atoms with Crippen molar-refractivity contribution in [2.24, 2.45) is 5.73 Å². The van der Waals surface area contributed by atoms with Gasteiger partial charge in [-0.1, -0.05) is 0 Å². The van der Waals surface area contributed by atoms with Gasteiger partial charge in [-0.2, -0.15) is 0 Å². The maximum Gasteiger partial charge on any atom is 0.325 e. The number of ether oxygens (including phenoxy) is 1. The monoisotopic (exact) mass is 219 g/mol. The molecule has 0 bridgehead atoms. The van der Waals surface area contributed by atoms with E-state index in [4.69, 9.17) is 10.8 Å². The van der Waals surface area contributed by atoms with Crippen LogP contribution in [0.25, 0.3) is 0 Å². The van der Waals surface area contributed by atoms with Crippen LogP contribution in [0.1, 0.15) is 6.92 Å². The Balaban J connectivity index is 0. The lowest BCUT2D eigenvalue weighted by Gasteiger charge is -2.26. The van der Waals surface area contributed by atoms with Gasteiger partial charge in [-0.05, 0) is 6.92 Å². The van der Waals surface area contributed by atoms with Gasteiger partial charge in [0.15, 0.2) is 0 Å². The van der Waals surface area contributed by atoms with Gasteiger partial charge in [-0.25, -0.2) is 8.78 Å². The fourth-order valence-electron chi connectivity index (χ4n) is 0.501. The van der Waals surface area contributed by atoms with Gasteiger partial charge in [0, 0.05) is 0 Å². The lowest BCUT2D eigenvalue weighted by atomic mass is 9.98. The molecule has 0 rings (SSSR count). The molecule has 0 aliphatic rings. The minimum Gasteiger partial charge on any atom is -0.468 e. The molecule has 0 saturated heterocycles. The SMILES string of the molecule is COC(=O)C(N)C(C)(O)C(F)F.Cl. The van der Waals surface area contributed by atoms with Crippen molar-refractivity contribution in [1.82, 2.24) is 0 Å². The van der Waals surface area contributed by atoms with Crippen LogP contribution in [0.4, 0.5) is 8.78 Å². The molecule has 0 saturated carbocycles. The number of rotatable bonds is 3. The Hall–Kier alpha value is -0.460. The number of aliphatic hydroxyl groups is 1. The third kappa shape index (κ3) is 3.41. The fraction of sp³-hybridized carbons (Fsp3) is 0.833. The lowest BCUT2D eigenvalue weighted by molar-refractivity contribution is -0.158. The van der Waals surface area contributed by atoms with Crippen LogP contribution in [-0.4, -0.2) is 36.3 Å². The molecule has 0 heterocycles. The number of nitrogens with two attached hydrogens (primary N) is 1. The molecule has 0 aliphatic heterocycles. The maximum atomic E-state index is 12.0. The number of methoxy groups -OCH3 is 1. The molecule has 0 radical (unpaired) electrons. The van der Waals surface area contributed by atoms with Gasteiger partial charge in [-0.3, -0.25) is 4.79 Å². The molecule has 2 atom stereocenters. The second kappa shape index (κ2) is 5.31. The molecule has 0 aliphatic carbocycles. The Labute approximate surface area is 80.5 Å². The van der Waals surface area contributed by atoms with Crippen molar-refractivity contribution < 1.29 is 23.4 Å². The number of carbonyl (C=O) groups excluding carboxylic acids is 1. The van der Waals surface area contributed by atoms with Crippen LogP contribution in [0.15, 0.2) is 0 Å². The molecule has 0 amide bonds. The smallest absolute Gasteiger partial charge is 0.325 e. The summed E-state index contributed by atoms with van der Waals surface area (Å²) < 4.78 is 28.1. The van der Waals surface area contributed by atoms with Gasteiger partial charge in [0.2, 0.25) is 0 Å². The summed E-state index contributed by atoms with van der Waals surface area (Å²) in [5.74, 6) is -1.07. The summed E-state index contributed by atoms with van der Waals surface area (Å²) in [5, 5.41) is 8.99. The highest BCUT2D eigenvalue weighted by atomic mass is 35.5. The first-order valence-electron chi connectivity index (χ1n) is 3.18. The predicted octanol–water partition coefficient (Wildman–Crippen LogP) is -0.0754. The number of halogens is 3. The third-order valence-corrected chi connectivity index (χ3v) is 1.53. The van der Waals surface area contributed by atoms with Crippen molar-refractivity contribution in [3.63, 3.8) is 0 Å². The van der Waals surface area contributed by atoms with E-state index in [0.717, 1.165) is 14.0 Å². The standard InChI is InChI=1S/C6H11F2NO3.ClH/c1-6(11,5(7)8)3(9)4(10)12-2;/h3,5,11H,9H2,1-2H3;1H. The summed E-state index contributed by atoms with van der Waals surface area (Å²) >= 11 is 0. The molecular weight excluding hydrogens is 208 g/mol. The Kier molecular flexibility index (Phi) is 6.14. The zero-order valence-corrected chi connectivity index (χ0v) is 7.98. The predicted molar refractivity (Wildman–Crippen MR) is 43.9 cm³/mol. The van der Waals surface area contributed by atoms with E-state index in [-0.39, 0.29) is 12.4 Å². The van der Waals surface area contributed by atoms with Gasteiger partial charge in [0.25, 0.3) is 6.43 Å².